The number of hydrogen-bond donors (Lipinski definition) is 0. The van der Waals surface area contributed by atoms with Crippen LogP contribution in [0.4, 0.5) is 13.2 Å². The Balaban J connectivity index is 2.30. The van der Waals surface area contributed by atoms with Crippen molar-refractivity contribution in [1.82, 2.24) is 0 Å². The fourth-order valence-corrected chi connectivity index (χ4v) is 2.43. The minimum atomic E-state index is -4.33. The smallest absolute Gasteiger partial charge is 0.416 e. The monoisotopic (exact) mass is 344 g/mol. The zero-order chi connectivity index (χ0) is 14.8. The number of halogens is 4. The molecule has 2 rings (SSSR count). The fourth-order valence-electron chi connectivity index (χ4n) is 1.84. The third kappa shape index (κ3) is 3.33. The van der Waals surface area contributed by atoms with E-state index in [1.807, 2.05) is 12.1 Å². The van der Waals surface area contributed by atoms with Crippen LogP contribution in [0.1, 0.15) is 21.5 Å². The molecule has 0 fully saturated rings. The summed E-state index contributed by atoms with van der Waals surface area (Å²) in [7, 11) is 1.56. The van der Waals surface area contributed by atoms with Crippen LogP contribution in [0.3, 0.4) is 0 Å². The van der Waals surface area contributed by atoms with Crippen LogP contribution in [0.5, 0.6) is 5.75 Å². The van der Waals surface area contributed by atoms with E-state index in [9.17, 15) is 13.2 Å². The van der Waals surface area contributed by atoms with Gasteiger partial charge < -0.3 is 4.74 Å². The van der Waals surface area contributed by atoms with Gasteiger partial charge >= 0.3 is 6.18 Å². The van der Waals surface area contributed by atoms with Gasteiger partial charge in [0.15, 0.2) is 0 Å². The van der Waals surface area contributed by atoms with E-state index in [4.69, 9.17) is 4.74 Å². The predicted molar refractivity (Wildman–Crippen MR) is 75.2 cm³/mol. The van der Waals surface area contributed by atoms with Gasteiger partial charge in [-0.15, -0.1) is 0 Å². The molecule has 0 N–H and O–H groups in total. The van der Waals surface area contributed by atoms with E-state index in [1.54, 1.807) is 25.3 Å². The van der Waals surface area contributed by atoms with Gasteiger partial charge in [-0.25, -0.2) is 0 Å². The molecule has 0 bridgehead atoms. The standard InChI is InChI=1S/C15H12BrF3O/c1-20-13-7-5-10(6-8-13)14(16)11-3-2-4-12(9-11)15(17,18)19/h2-9,14H,1H3. The minimum absolute atomic E-state index is 0.296. The van der Waals surface area contributed by atoms with E-state index in [0.717, 1.165) is 17.7 Å². The summed E-state index contributed by atoms with van der Waals surface area (Å²) in [6, 6.07) is 12.5. The van der Waals surface area contributed by atoms with Crippen molar-refractivity contribution in [2.75, 3.05) is 7.11 Å². The topological polar surface area (TPSA) is 9.23 Å². The lowest BCUT2D eigenvalue weighted by atomic mass is 10.0. The lowest BCUT2D eigenvalue weighted by Crippen LogP contribution is -2.05. The molecule has 0 aliphatic carbocycles. The Kier molecular flexibility index (Phi) is 4.38. The summed E-state index contributed by atoms with van der Waals surface area (Å²) in [6.45, 7) is 0. The molecule has 0 saturated carbocycles. The summed E-state index contributed by atoms with van der Waals surface area (Å²) in [5, 5.41) is 0. The maximum Gasteiger partial charge on any atom is 0.416 e. The van der Waals surface area contributed by atoms with Crippen LogP contribution in [-0.4, -0.2) is 7.11 Å². The van der Waals surface area contributed by atoms with Crippen molar-refractivity contribution in [2.24, 2.45) is 0 Å². The number of benzene rings is 2. The van der Waals surface area contributed by atoms with Crippen molar-refractivity contribution in [2.45, 2.75) is 11.0 Å². The number of rotatable bonds is 3. The summed E-state index contributed by atoms with van der Waals surface area (Å²) in [4.78, 5) is -0.296. The highest BCUT2D eigenvalue weighted by atomic mass is 79.9. The number of ether oxygens (including phenoxy) is 1. The van der Waals surface area contributed by atoms with Gasteiger partial charge in [0, 0.05) is 0 Å². The van der Waals surface area contributed by atoms with Crippen LogP contribution in [0.25, 0.3) is 0 Å². The molecular formula is C15H12BrF3O. The first-order valence-corrected chi connectivity index (χ1v) is 6.78. The predicted octanol–water partition coefficient (Wildman–Crippen LogP) is 5.20. The molecule has 1 atom stereocenters. The molecule has 0 saturated heterocycles. The van der Waals surface area contributed by atoms with Crippen molar-refractivity contribution in [1.29, 1.82) is 0 Å². The van der Waals surface area contributed by atoms with Gasteiger partial charge in [0.1, 0.15) is 5.75 Å². The second kappa shape index (κ2) is 5.87. The molecule has 0 amide bonds. The number of alkyl halides is 4. The first-order chi connectivity index (χ1) is 9.41. The third-order valence-electron chi connectivity index (χ3n) is 2.92. The minimum Gasteiger partial charge on any atom is -0.497 e. The van der Waals surface area contributed by atoms with E-state index >= 15 is 0 Å². The van der Waals surface area contributed by atoms with E-state index < -0.39 is 11.7 Å². The van der Waals surface area contributed by atoms with Gasteiger partial charge in [-0.05, 0) is 29.3 Å². The van der Waals surface area contributed by atoms with Crippen molar-refractivity contribution < 1.29 is 17.9 Å². The van der Waals surface area contributed by atoms with Gasteiger partial charge in [0.2, 0.25) is 0 Å². The van der Waals surface area contributed by atoms with Crippen LogP contribution in [0, 0.1) is 0 Å². The Hall–Kier alpha value is -1.49. The van der Waals surface area contributed by atoms with Crippen molar-refractivity contribution in [3.8, 4) is 5.75 Å². The molecule has 20 heavy (non-hydrogen) atoms. The Morgan fingerprint density at radius 2 is 1.65 bits per heavy atom. The van der Waals surface area contributed by atoms with Gasteiger partial charge in [-0.1, -0.05) is 46.3 Å². The Morgan fingerprint density at radius 3 is 2.20 bits per heavy atom. The van der Waals surface area contributed by atoms with E-state index in [2.05, 4.69) is 15.9 Å². The van der Waals surface area contributed by atoms with Gasteiger partial charge in [0.05, 0.1) is 17.5 Å². The molecule has 1 nitrogen and oxygen atoms in total. The normalized spacial score (nSPS) is 13.1. The summed E-state index contributed by atoms with van der Waals surface area (Å²) >= 11 is 3.43. The van der Waals surface area contributed by atoms with E-state index in [1.165, 1.54) is 6.07 Å². The SMILES string of the molecule is COc1ccc(C(Br)c2cccc(C(F)(F)F)c2)cc1. The molecule has 0 aliphatic heterocycles. The average molecular weight is 345 g/mol. The second-order valence-corrected chi connectivity index (χ2v) is 5.17. The van der Waals surface area contributed by atoms with Crippen LogP contribution < -0.4 is 4.74 Å². The first kappa shape index (κ1) is 14.9. The summed E-state index contributed by atoms with van der Waals surface area (Å²) < 4.78 is 43.2. The maximum absolute atomic E-state index is 12.7. The molecule has 2 aromatic rings. The molecule has 0 radical (unpaired) electrons. The van der Waals surface area contributed by atoms with Crippen molar-refractivity contribution in [3.63, 3.8) is 0 Å². The Bertz CT molecular complexity index is 578. The molecule has 0 heterocycles. The molecule has 0 spiro atoms. The maximum atomic E-state index is 12.7. The lowest BCUT2D eigenvalue weighted by molar-refractivity contribution is -0.137. The van der Waals surface area contributed by atoms with Crippen LogP contribution in [0.2, 0.25) is 0 Å². The molecule has 0 aromatic heterocycles. The summed E-state index contributed by atoms with van der Waals surface area (Å²) in [5.41, 5.74) is 0.781. The summed E-state index contributed by atoms with van der Waals surface area (Å²) in [5.74, 6) is 0.706. The van der Waals surface area contributed by atoms with Gasteiger partial charge in [-0.2, -0.15) is 13.2 Å². The molecular weight excluding hydrogens is 333 g/mol. The molecule has 2 aromatic carbocycles. The van der Waals surface area contributed by atoms with Crippen LogP contribution in [-0.2, 0) is 6.18 Å². The average Bonchev–Trinajstić information content (AvgIpc) is 2.46. The molecule has 5 heteroatoms. The number of methoxy groups -OCH3 is 1. The van der Waals surface area contributed by atoms with Crippen LogP contribution in [0.15, 0.2) is 48.5 Å². The Labute approximate surface area is 123 Å². The Morgan fingerprint density at radius 1 is 1.00 bits per heavy atom. The highest BCUT2D eigenvalue weighted by molar-refractivity contribution is 9.09. The van der Waals surface area contributed by atoms with Gasteiger partial charge in [-0.3, -0.25) is 0 Å². The van der Waals surface area contributed by atoms with Crippen molar-refractivity contribution >= 4 is 15.9 Å². The fraction of sp³-hybridized carbons (Fsp3) is 0.200. The molecule has 106 valence electrons. The quantitative estimate of drug-likeness (QED) is 0.695. The zero-order valence-corrected chi connectivity index (χ0v) is 12.2. The lowest BCUT2D eigenvalue weighted by Gasteiger charge is -2.14. The third-order valence-corrected chi connectivity index (χ3v) is 3.97. The zero-order valence-electron chi connectivity index (χ0n) is 10.6. The largest absolute Gasteiger partial charge is 0.497 e. The van der Waals surface area contributed by atoms with Crippen LogP contribution >= 0.6 is 15.9 Å². The first-order valence-electron chi connectivity index (χ1n) is 5.87. The van der Waals surface area contributed by atoms with Gasteiger partial charge in [0.25, 0.3) is 0 Å². The van der Waals surface area contributed by atoms with E-state index in [0.29, 0.717) is 11.3 Å². The van der Waals surface area contributed by atoms with E-state index in [-0.39, 0.29) is 4.83 Å². The second-order valence-electron chi connectivity index (χ2n) is 4.26. The summed E-state index contributed by atoms with van der Waals surface area (Å²) in [6.07, 6.45) is -4.33. The highest BCUT2D eigenvalue weighted by Crippen LogP contribution is 2.35. The molecule has 0 aliphatic rings. The highest BCUT2D eigenvalue weighted by Gasteiger charge is 2.30. The van der Waals surface area contributed by atoms with Crippen molar-refractivity contribution in [3.05, 3.63) is 65.2 Å². The number of hydrogen-bond acceptors (Lipinski definition) is 1. The molecule has 1 unspecified atom stereocenters.